The number of nitrogens with one attached hydrogen (secondary N) is 1. The summed E-state index contributed by atoms with van der Waals surface area (Å²) in [6.07, 6.45) is 0. The zero-order valence-electron chi connectivity index (χ0n) is 8.72. The lowest BCUT2D eigenvalue weighted by molar-refractivity contribution is 0.468. The van der Waals surface area contributed by atoms with Crippen LogP contribution in [0.4, 0.5) is 5.69 Å². The number of phenols is 1. The molecule has 0 aromatic heterocycles. The smallest absolute Gasteiger partial charge is 0.120 e. The van der Waals surface area contributed by atoms with E-state index in [2.05, 4.69) is 17.9 Å². The van der Waals surface area contributed by atoms with Crippen molar-refractivity contribution in [1.29, 1.82) is 0 Å². The third-order valence-electron chi connectivity index (χ3n) is 2.32. The van der Waals surface area contributed by atoms with Gasteiger partial charge in [0.05, 0.1) is 0 Å². The molecule has 0 saturated carbocycles. The van der Waals surface area contributed by atoms with Gasteiger partial charge in [0, 0.05) is 22.7 Å². The Balaban J connectivity index is 2.08. The van der Waals surface area contributed by atoms with Gasteiger partial charge in [-0.1, -0.05) is 18.2 Å². The number of phenolic OH excluding ortho intramolecular Hbond substituents is 1. The molecule has 0 bridgehead atoms. The minimum atomic E-state index is 0.293. The third-order valence-corrected chi connectivity index (χ3v) is 2.60. The van der Waals surface area contributed by atoms with Crippen LogP contribution in [0.2, 0.25) is 0 Å². The molecule has 2 aromatic rings. The first kappa shape index (κ1) is 10.9. The summed E-state index contributed by atoms with van der Waals surface area (Å²) in [4.78, 5) is 0.850. The van der Waals surface area contributed by atoms with E-state index >= 15 is 0 Å². The van der Waals surface area contributed by atoms with Gasteiger partial charge in [-0.25, -0.2) is 0 Å². The van der Waals surface area contributed by atoms with Gasteiger partial charge < -0.3 is 10.4 Å². The first-order valence-corrected chi connectivity index (χ1v) is 5.50. The highest BCUT2D eigenvalue weighted by Crippen LogP contribution is 2.21. The molecule has 0 radical (unpaired) electrons. The lowest BCUT2D eigenvalue weighted by atomic mass is 10.2. The van der Waals surface area contributed by atoms with Crippen molar-refractivity contribution in [3.63, 3.8) is 0 Å². The van der Waals surface area contributed by atoms with E-state index in [1.54, 1.807) is 12.1 Å². The molecule has 0 unspecified atom stereocenters. The number of hydrogen-bond acceptors (Lipinski definition) is 3. The fourth-order valence-corrected chi connectivity index (χ4v) is 1.70. The van der Waals surface area contributed by atoms with Gasteiger partial charge in [0.1, 0.15) is 5.75 Å². The molecule has 0 atom stereocenters. The monoisotopic (exact) mass is 231 g/mol. The third kappa shape index (κ3) is 2.70. The average molecular weight is 231 g/mol. The largest absolute Gasteiger partial charge is 0.508 e. The predicted molar refractivity (Wildman–Crippen MR) is 69.1 cm³/mol. The van der Waals surface area contributed by atoms with E-state index in [1.807, 2.05) is 36.4 Å². The highest BCUT2D eigenvalue weighted by atomic mass is 32.1. The minimum Gasteiger partial charge on any atom is -0.508 e. The topological polar surface area (TPSA) is 32.3 Å². The summed E-state index contributed by atoms with van der Waals surface area (Å²) in [6.45, 7) is 0.588. The van der Waals surface area contributed by atoms with E-state index < -0.39 is 0 Å². The van der Waals surface area contributed by atoms with E-state index in [0.717, 1.165) is 16.1 Å². The van der Waals surface area contributed by atoms with Gasteiger partial charge in [-0.15, -0.1) is 12.6 Å². The Morgan fingerprint density at radius 3 is 2.56 bits per heavy atom. The molecular weight excluding hydrogens is 218 g/mol. The zero-order chi connectivity index (χ0) is 11.4. The summed E-state index contributed by atoms with van der Waals surface area (Å²) in [7, 11) is 0. The Hall–Kier alpha value is -1.61. The normalized spacial score (nSPS) is 10.1. The molecule has 82 valence electrons. The van der Waals surface area contributed by atoms with Gasteiger partial charge in [0.25, 0.3) is 0 Å². The summed E-state index contributed by atoms with van der Waals surface area (Å²) in [5.41, 5.74) is 1.88. The second-order valence-electron chi connectivity index (χ2n) is 3.53. The van der Waals surface area contributed by atoms with Gasteiger partial charge in [-0.3, -0.25) is 0 Å². The maximum Gasteiger partial charge on any atom is 0.120 e. The Bertz CT molecular complexity index is 471. The Kier molecular flexibility index (Phi) is 3.37. The standard InChI is InChI=1S/C13H13NOS/c15-13-7-6-12(16)8-10(13)9-14-11-4-2-1-3-5-11/h1-8,14-16H,9H2. The van der Waals surface area contributed by atoms with Crippen molar-refractivity contribution < 1.29 is 5.11 Å². The van der Waals surface area contributed by atoms with Crippen molar-refractivity contribution >= 4 is 18.3 Å². The van der Waals surface area contributed by atoms with Crippen LogP contribution in [-0.2, 0) is 6.54 Å². The van der Waals surface area contributed by atoms with E-state index in [4.69, 9.17) is 0 Å². The number of hydrogen-bond donors (Lipinski definition) is 3. The first-order valence-electron chi connectivity index (χ1n) is 5.05. The molecule has 3 heteroatoms. The van der Waals surface area contributed by atoms with Crippen molar-refractivity contribution in [3.8, 4) is 5.75 Å². The van der Waals surface area contributed by atoms with Crippen LogP contribution < -0.4 is 5.32 Å². The van der Waals surface area contributed by atoms with Crippen molar-refractivity contribution in [3.05, 3.63) is 54.1 Å². The number of para-hydroxylation sites is 1. The molecule has 2 rings (SSSR count). The molecule has 0 amide bonds. The highest BCUT2D eigenvalue weighted by molar-refractivity contribution is 7.80. The van der Waals surface area contributed by atoms with Gasteiger partial charge in [-0.2, -0.15) is 0 Å². The van der Waals surface area contributed by atoms with Crippen LogP contribution in [0.15, 0.2) is 53.4 Å². The molecule has 0 aliphatic carbocycles. The van der Waals surface area contributed by atoms with Gasteiger partial charge in [0.2, 0.25) is 0 Å². The molecule has 0 aliphatic rings. The average Bonchev–Trinajstić information content (AvgIpc) is 2.32. The number of benzene rings is 2. The lowest BCUT2D eigenvalue weighted by Gasteiger charge is -2.08. The van der Waals surface area contributed by atoms with Gasteiger partial charge >= 0.3 is 0 Å². The fourth-order valence-electron chi connectivity index (χ4n) is 1.47. The molecule has 0 heterocycles. The molecule has 2 N–H and O–H groups in total. The van der Waals surface area contributed by atoms with Crippen LogP contribution in [0, 0.1) is 0 Å². The highest BCUT2D eigenvalue weighted by Gasteiger charge is 2.01. The minimum absolute atomic E-state index is 0.293. The summed E-state index contributed by atoms with van der Waals surface area (Å²) in [5, 5.41) is 12.9. The van der Waals surface area contributed by atoms with Crippen molar-refractivity contribution in [1.82, 2.24) is 0 Å². The van der Waals surface area contributed by atoms with Crippen LogP contribution in [-0.4, -0.2) is 5.11 Å². The second kappa shape index (κ2) is 4.94. The first-order chi connectivity index (χ1) is 7.75. The van der Waals surface area contributed by atoms with E-state index in [0.29, 0.717) is 12.3 Å². The Morgan fingerprint density at radius 2 is 1.81 bits per heavy atom. The van der Waals surface area contributed by atoms with Crippen LogP contribution in [0.1, 0.15) is 5.56 Å². The lowest BCUT2D eigenvalue weighted by Crippen LogP contribution is -1.99. The van der Waals surface area contributed by atoms with Crippen LogP contribution in [0.25, 0.3) is 0 Å². The molecule has 0 aliphatic heterocycles. The molecule has 2 nitrogen and oxygen atoms in total. The number of thiol groups is 1. The molecule has 0 spiro atoms. The van der Waals surface area contributed by atoms with E-state index in [-0.39, 0.29) is 0 Å². The maximum absolute atomic E-state index is 9.64. The quantitative estimate of drug-likeness (QED) is 0.708. The second-order valence-corrected chi connectivity index (χ2v) is 4.05. The number of anilines is 1. The molecule has 2 aromatic carbocycles. The fraction of sp³-hybridized carbons (Fsp3) is 0.0769. The van der Waals surface area contributed by atoms with E-state index in [1.165, 1.54) is 0 Å². The SMILES string of the molecule is Oc1ccc(S)cc1CNc1ccccc1. The van der Waals surface area contributed by atoms with E-state index in [9.17, 15) is 5.11 Å². The maximum atomic E-state index is 9.64. The van der Waals surface area contributed by atoms with Gasteiger partial charge in [0.15, 0.2) is 0 Å². The predicted octanol–water partition coefficient (Wildman–Crippen LogP) is 3.29. The van der Waals surface area contributed by atoms with Crippen molar-refractivity contribution in [2.45, 2.75) is 11.4 Å². The molecular formula is C13H13NOS. The van der Waals surface area contributed by atoms with Crippen LogP contribution in [0.5, 0.6) is 5.75 Å². The van der Waals surface area contributed by atoms with Gasteiger partial charge in [-0.05, 0) is 30.3 Å². The summed E-state index contributed by atoms with van der Waals surface area (Å²) in [6, 6.07) is 15.2. The summed E-state index contributed by atoms with van der Waals surface area (Å²) in [5.74, 6) is 0.293. The van der Waals surface area contributed by atoms with Crippen molar-refractivity contribution in [2.24, 2.45) is 0 Å². The summed E-state index contributed by atoms with van der Waals surface area (Å²) < 4.78 is 0. The molecule has 16 heavy (non-hydrogen) atoms. The van der Waals surface area contributed by atoms with Crippen molar-refractivity contribution in [2.75, 3.05) is 5.32 Å². The van der Waals surface area contributed by atoms with Crippen LogP contribution in [0.3, 0.4) is 0 Å². The number of rotatable bonds is 3. The molecule has 0 saturated heterocycles. The zero-order valence-corrected chi connectivity index (χ0v) is 9.61. The Labute approximate surface area is 100 Å². The number of aromatic hydroxyl groups is 1. The summed E-state index contributed by atoms with van der Waals surface area (Å²) >= 11 is 4.24. The Morgan fingerprint density at radius 1 is 1.06 bits per heavy atom. The van der Waals surface area contributed by atoms with Crippen LogP contribution >= 0.6 is 12.6 Å². The molecule has 0 fully saturated rings.